The second kappa shape index (κ2) is 9.64. The average molecular weight is 465 g/mol. The Morgan fingerprint density at radius 2 is 1.82 bits per heavy atom. The number of aromatic nitrogens is 2. The molecule has 0 saturated heterocycles. The highest BCUT2D eigenvalue weighted by atomic mass is 32.1. The number of rotatable bonds is 8. The third-order valence-corrected chi connectivity index (χ3v) is 6.71. The Morgan fingerprint density at radius 1 is 1.09 bits per heavy atom. The predicted octanol–water partition coefficient (Wildman–Crippen LogP) is 4.90. The lowest BCUT2D eigenvalue weighted by Gasteiger charge is -2.16. The molecule has 0 saturated carbocycles. The zero-order valence-corrected chi connectivity index (χ0v) is 20.2. The molecule has 0 radical (unpaired) electrons. The standard InChI is InChI=1S/C25H28N4O3S/c1-15(22-10-11-23(33-22)17-9-7-6-8-16(17)14-29(2)3)26-24-18-12-20(31-4)21(32-5)13-19(18)27-25(30)28-24/h6-13,15H,14H2,1-5H3,(H2,26,27,28,30). The summed E-state index contributed by atoms with van der Waals surface area (Å²) < 4.78 is 10.8. The van der Waals surface area contributed by atoms with Crippen molar-refractivity contribution in [3.8, 4) is 21.9 Å². The van der Waals surface area contributed by atoms with Crippen LogP contribution in [0, 0.1) is 0 Å². The van der Waals surface area contributed by atoms with Gasteiger partial charge in [-0.15, -0.1) is 11.3 Å². The molecule has 0 aliphatic rings. The minimum absolute atomic E-state index is 0.0460. The molecule has 8 heteroatoms. The molecule has 4 rings (SSSR count). The SMILES string of the molecule is COc1cc2[nH]c(=O)nc(NC(C)c3ccc(-c4ccccc4CN(C)C)s3)c2cc1OC. The van der Waals surface area contributed by atoms with Gasteiger partial charge in [-0.25, -0.2) is 4.79 Å². The van der Waals surface area contributed by atoms with Crippen LogP contribution in [0.25, 0.3) is 21.3 Å². The van der Waals surface area contributed by atoms with Gasteiger partial charge in [0, 0.05) is 27.8 Å². The molecule has 0 amide bonds. The van der Waals surface area contributed by atoms with Crippen molar-refractivity contribution < 1.29 is 9.47 Å². The molecule has 0 aliphatic carbocycles. The van der Waals surface area contributed by atoms with E-state index in [-0.39, 0.29) is 6.04 Å². The molecule has 7 nitrogen and oxygen atoms in total. The fraction of sp³-hybridized carbons (Fsp3) is 0.280. The van der Waals surface area contributed by atoms with E-state index < -0.39 is 5.69 Å². The zero-order valence-electron chi connectivity index (χ0n) is 19.4. The van der Waals surface area contributed by atoms with Gasteiger partial charge in [-0.05, 0) is 50.3 Å². The van der Waals surface area contributed by atoms with Crippen molar-refractivity contribution in [2.75, 3.05) is 33.6 Å². The van der Waals surface area contributed by atoms with Gasteiger partial charge in [-0.3, -0.25) is 0 Å². The third-order valence-electron chi connectivity index (χ3n) is 5.41. The number of aromatic amines is 1. The molecule has 2 aromatic heterocycles. The molecule has 2 heterocycles. The number of H-pyrrole nitrogens is 1. The van der Waals surface area contributed by atoms with Crippen LogP contribution in [-0.2, 0) is 6.54 Å². The Labute approximate surface area is 197 Å². The van der Waals surface area contributed by atoms with Crippen molar-refractivity contribution >= 4 is 28.1 Å². The molecule has 33 heavy (non-hydrogen) atoms. The maximum atomic E-state index is 12.2. The highest BCUT2D eigenvalue weighted by Crippen LogP contribution is 2.37. The van der Waals surface area contributed by atoms with Crippen LogP contribution < -0.4 is 20.5 Å². The van der Waals surface area contributed by atoms with Gasteiger partial charge in [-0.2, -0.15) is 4.98 Å². The quantitative estimate of drug-likeness (QED) is 0.386. The van der Waals surface area contributed by atoms with E-state index in [9.17, 15) is 4.79 Å². The van der Waals surface area contributed by atoms with Crippen molar-refractivity contribution in [1.82, 2.24) is 14.9 Å². The molecule has 2 N–H and O–H groups in total. The summed E-state index contributed by atoms with van der Waals surface area (Å²) >= 11 is 1.74. The van der Waals surface area contributed by atoms with E-state index in [2.05, 4.69) is 77.6 Å². The van der Waals surface area contributed by atoms with Crippen LogP contribution in [0.1, 0.15) is 23.4 Å². The van der Waals surface area contributed by atoms with E-state index in [1.165, 1.54) is 16.0 Å². The van der Waals surface area contributed by atoms with Crippen LogP contribution in [0.3, 0.4) is 0 Å². The van der Waals surface area contributed by atoms with Crippen LogP contribution >= 0.6 is 11.3 Å². The number of nitrogens with zero attached hydrogens (tertiary/aromatic N) is 2. The third kappa shape index (κ3) is 4.86. The molecule has 0 fully saturated rings. The second-order valence-corrected chi connectivity index (χ2v) is 9.22. The van der Waals surface area contributed by atoms with Crippen molar-refractivity contribution in [1.29, 1.82) is 0 Å². The summed E-state index contributed by atoms with van der Waals surface area (Å²) in [7, 11) is 7.30. The Bertz CT molecular complexity index is 1330. The number of anilines is 1. The first-order chi connectivity index (χ1) is 15.9. The average Bonchev–Trinajstić information content (AvgIpc) is 3.28. The van der Waals surface area contributed by atoms with Gasteiger partial charge in [0.05, 0.1) is 25.8 Å². The molecular formula is C25H28N4O3S. The Kier molecular flexibility index (Phi) is 6.67. The van der Waals surface area contributed by atoms with E-state index in [4.69, 9.17) is 9.47 Å². The summed E-state index contributed by atoms with van der Waals surface area (Å²) in [5.41, 5.74) is 2.74. The number of benzene rings is 2. The molecule has 4 aromatic rings. The number of hydrogen-bond donors (Lipinski definition) is 2. The van der Waals surface area contributed by atoms with E-state index in [1.54, 1.807) is 31.6 Å². The first-order valence-corrected chi connectivity index (χ1v) is 11.5. The topological polar surface area (TPSA) is 79.5 Å². The van der Waals surface area contributed by atoms with Gasteiger partial charge in [0.1, 0.15) is 5.82 Å². The number of thiophene rings is 1. The van der Waals surface area contributed by atoms with Gasteiger partial charge in [0.15, 0.2) is 11.5 Å². The molecule has 1 atom stereocenters. The molecule has 172 valence electrons. The lowest BCUT2D eigenvalue weighted by molar-refractivity contribution is 0.356. The number of ether oxygens (including phenoxy) is 2. The smallest absolute Gasteiger partial charge is 0.347 e. The van der Waals surface area contributed by atoms with Crippen molar-refractivity contribution in [3.63, 3.8) is 0 Å². The fourth-order valence-corrected chi connectivity index (χ4v) is 4.91. The number of hydrogen-bond acceptors (Lipinski definition) is 7. The fourth-order valence-electron chi connectivity index (χ4n) is 3.84. The van der Waals surface area contributed by atoms with Crippen LogP contribution in [0.4, 0.5) is 5.82 Å². The van der Waals surface area contributed by atoms with Crippen molar-refractivity contribution in [3.05, 3.63) is 69.5 Å². The maximum Gasteiger partial charge on any atom is 0.347 e. The van der Waals surface area contributed by atoms with Gasteiger partial charge < -0.3 is 24.7 Å². The number of fused-ring (bicyclic) bond motifs is 1. The summed E-state index contributed by atoms with van der Waals surface area (Å²) in [6.07, 6.45) is 0. The van der Waals surface area contributed by atoms with E-state index in [1.807, 2.05) is 6.07 Å². The van der Waals surface area contributed by atoms with Crippen LogP contribution in [0.5, 0.6) is 11.5 Å². The van der Waals surface area contributed by atoms with Gasteiger partial charge in [0.25, 0.3) is 0 Å². The molecule has 0 spiro atoms. The highest BCUT2D eigenvalue weighted by molar-refractivity contribution is 7.15. The van der Waals surface area contributed by atoms with Crippen molar-refractivity contribution in [2.45, 2.75) is 19.5 Å². The van der Waals surface area contributed by atoms with E-state index >= 15 is 0 Å². The predicted molar refractivity (Wildman–Crippen MR) is 135 cm³/mol. The number of nitrogens with one attached hydrogen (secondary N) is 2. The molecule has 0 aliphatic heterocycles. The monoisotopic (exact) mass is 464 g/mol. The zero-order chi connectivity index (χ0) is 23.5. The Morgan fingerprint density at radius 3 is 2.55 bits per heavy atom. The van der Waals surface area contributed by atoms with Gasteiger partial charge in [-0.1, -0.05) is 24.3 Å². The lowest BCUT2D eigenvalue weighted by Crippen LogP contribution is -2.16. The maximum absolute atomic E-state index is 12.2. The first kappa shape index (κ1) is 22.8. The lowest BCUT2D eigenvalue weighted by atomic mass is 10.1. The Hall–Kier alpha value is -3.36. The van der Waals surface area contributed by atoms with Crippen LogP contribution in [-0.4, -0.2) is 43.2 Å². The summed E-state index contributed by atoms with van der Waals surface area (Å²) in [4.78, 5) is 23.7. The van der Waals surface area contributed by atoms with Crippen LogP contribution in [0.15, 0.2) is 53.3 Å². The largest absolute Gasteiger partial charge is 0.493 e. The minimum Gasteiger partial charge on any atom is -0.493 e. The number of methoxy groups -OCH3 is 2. The molecule has 2 aromatic carbocycles. The molecule has 0 bridgehead atoms. The normalized spacial score (nSPS) is 12.2. The van der Waals surface area contributed by atoms with Gasteiger partial charge >= 0.3 is 5.69 Å². The molecule has 1 unspecified atom stereocenters. The van der Waals surface area contributed by atoms with E-state index in [0.29, 0.717) is 22.8 Å². The van der Waals surface area contributed by atoms with Gasteiger partial charge in [0.2, 0.25) is 0 Å². The second-order valence-electron chi connectivity index (χ2n) is 8.11. The van der Waals surface area contributed by atoms with Crippen molar-refractivity contribution in [2.24, 2.45) is 0 Å². The van der Waals surface area contributed by atoms with Crippen LogP contribution in [0.2, 0.25) is 0 Å². The summed E-state index contributed by atoms with van der Waals surface area (Å²) in [6.45, 7) is 2.95. The summed E-state index contributed by atoms with van der Waals surface area (Å²) in [5, 5.41) is 4.17. The first-order valence-electron chi connectivity index (χ1n) is 10.6. The Balaban J connectivity index is 1.66. The minimum atomic E-state index is -0.422. The highest BCUT2D eigenvalue weighted by Gasteiger charge is 2.16. The summed E-state index contributed by atoms with van der Waals surface area (Å²) in [5.74, 6) is 1.63. The molecular weight excluding hydrogens is 436 g/mol. The van der Waals surface area contributed by atoms with E-state index in [0.717, 1.165) is 16.8 Å². The summed E-state index contributed by atoms with van der Waals surface area (Å²) in [6, 6.07) is 16.3.